The minimum absolute atomic E-state index is 0.111. The van der Waals surface area contributed by atoms with Gasteiger partial charge in [0.1, 0.15) is 12.9 Å². The summed E-state index contributed by atoms with van der Waals surface area (Å²) in [6.45, 7) is 1.24. The first-order valence-corrected chi connectivity index (χ1v) is 6.24. The van der Waals surface area contributed by atoms with E-state index in [-0.39, 0.29) is 6.10 Å². The van der Waals surface area contributed by atoms with Gasteiger partial charge in [-0.1, -0.05) is 0 Å². The lowest BCUT2D eigenvalue weighted by atomic mass is 10.2. The van der Waals surface area contributed by atoms with E-state index >= 15 is 0 Å². The zero-order valence-electron chi connectivity index (χ0n) is 11.2. The fourth-order valence-electron chi connectivity index (χ4n) is 2.06. The maximum atomic E-state index is 10.8. The quantitative estimate of drug-likeness (QED) is 0.738. The van der Waals surface area contributed by atoms with Crippen molar-refractivity contribution in [2.75, 3.05) is 27.4 Å². The molecule has 0 bridgehead atoms. The lowest BCUT2D eigenvalue weighted by Gasteiger charge is -2.17. The van der Waals surface area contributed by atoms with Gasteiger partial charge in [-0.15, -0.1) is 0 Å². The highest BCUT2D eigenvalue weighted by Crippen LogP contribution is 2.38. The average Bonchev–Trinajstić information content (AvgIpc) is 2.97. The van der Waals surface area contributed by atoms with Crippen LogP contribution in [0, 0.1) is 0 Å². The molecule has 2 rings (SSSR count). The fraction of sp³-hybridized carbons (Fsp3) is 0.500. The molecule has 0 spiro atoms. The molecule has 1 atom stereocenters. The summed E-state index contributed by atoms with van der Waals surface area (Å²) in [5.74, 6) is 1.48. The molecule has 0 aromatic heterocycles. The second-order valence-electron chi connectivity index (χ2n) is 4.32. The molecule has 0 amide bonds. The van der Waals surface area contributed by atoms with Crippen LogP contribution in [0.1, 0.15) is 23.2 Å². The van der Waals surface area contributed by atoms with E-state index in [2.05, 4.69) is 0 Å². The summed E-state index contributed by atoms with van der Waals surface area (Å²) in [5.41, 5.74) is 0.484. The second-order valence-corrected chi connectivity index (χ2v) is 4.32. The van der Waals surface area contributed by atoms with Crippen LogP contribution in [0.25, 0.3) is 0 Å². The van der Waals surface area contributed by atoms with Crippen LogP contribution < -0.4 is 14.2 Å². The van der Waals surface area contributed by atoms with Crippen LogP contribution in [0.4, 0.5) is 0 Å². The number of aldehydes is 1. The van der Waals surface area contributed by atoms with Gasteiger partial charge in [0.15, 0.2) is 11.5 Å². The number of benzene rings is 1. The Labute approximate surface area is 112 Å². The van der Waals surface area contributed by atoms with Crippen LogP contribution in [0.2, 0.25) is 0 Å². The Hall–Kier alpha value is -1.75. The van der Waals surface area contributed by atoms with Gasteiger partial charge in [0.2, 0.25) is 5.75 Å². The van der Waals surface area contributed by atoms with Gasteiger partial charge in [0, 0.05) is 12.2 Å². The van der Waals surface area contributed by atoms with E-state index in [0.29, 0.717) is 29.4 Å². The van der Waals surface area contributed by atoms with Gasteiger partial charge in [0.05, 0.1) is 20.3 Å². The zero-order chi connectivity index (χ0) is 13.7. The highest BCUT2D eigenvalue weighted by Gasteiger charge is 2.19. The van der Waals surface area contributed by atoms with Crippen molar-refractivity contribution in [2.45, 2.75) is 18.9 Å². The van der Waals surface area contributed by atoms with E-state index in [1.165, 1.54) is 14.2 Å². The molecule has 1 aromatic carbocycles. The van der Waals surface area contributed by atoms with Gasteiger partial charge in [-0.2, -0.15) is 0 Å². The molecule has 0 saturated carbocycles. The molecule has 5 nitrogen and oxygen atoms in total. The number of methoxy groups -OCH3 is 2. The van der Waals surface area contributed by atoms with Gasteiger partial charge < -0.3 is 18.9 Å². The van der Waals surface area contributed by atoms with Crippen molar-refractivity contribution in [2.24, 2.45) is 0 Å². The molecule has 0 radical (unpaired) electrons. The lowest BCUT2D eigenvalue weighted by molar-refractivity contribution is 0.0659. The van der Waals surface area contributed by atoms with Crippen molar-refractivity contribution in [1.29, 1.82) is 0 Å². The van der Waals surface area contributed by atoms with Crippen LogP contribution >= 0.6 is 0 Å². The van der Waals surface area contributed by atoms with Crippen molar-refractivity contribution in [3.8, 4) is 17.2 Å². The Morgan fingerprint density at radius 2 is 2.00 bits per heavy atom. The minimum atomic E-state index is 0.111. The third kappa shape index (κ3) is 3.17. The second kappa shape index (κ2) is 6.43. The van der Waals surface area contributed by atoms with E-state index < -0.39 is 0 Å². The van der Waals surface area contributed by atoms with Gasteiger partial charge >= 0.3 is 0 Å². The van der Waals surface area contributed by atoms with Crippen LogP contribution in [0.15, 0.2) is 12.1 Å². The van der Waals surface area contributed by atoms with Crippen molar-refractivity contribution < 1.29 is 23.7 Å². The molecule has 1 aliphatic rings. The van der Waals surface area contributed by atoms with Gasteiger partial charge in [-0.05, 0) is 25.0 Å². The molecule has 1 unspecified atom stereocenters. The lowest BCUT2D eigenvalue weighted by Crippen LogP contribution is -2.17. The molecule has 1 aliphatic heterocycles. The van der Waals surface area contributed by atoms with Gasteiger partial charge in [-0.25, -0.2) is 0 Å². The molecule has 0 aliphatic carbocycles. The Bertz CT molecular complexity index is 412. The maximum Gasteiger partial charge on any atom is 0.203 e. The topological polar surface area (TPSA) is 54.0 Å². The Morgan fingerprint density at radius 3 is 2.47 bits per heavy atom. The highest BCUT2D eigenvalue weighted by atomic mass is 16.6. The number of carbonyl (C=O) groups excluding carboxylic acids is 1. The number of hydrogen-bond acceptors (Lipinski definition) is 5. The van der Waals surface area contributed by atoms with Crippen molar-refractivity contribution in [3.05, 3.63) is 17.7 Å². The van der Waals surface area contributed by atoms with Crippen molar-refractivity contribution in [1.82, 2.24) is 0 Å². The standard InChI is InChI=1S/C14H18O5/c1-16-12-6-10(8-15)7-13(17-2)14(12)19-9-11-4-3-5-18-11/h6-8,11H,3-5,9H2,1-2H3. The fourth-order valence-corrected chi connectivity index (χ4v) is 2.06. The molecule has 1 aromatic rings. The number of rotatable bonds is 6. The van der Waals surface area contributed by atoms with Crippen molar-refractivity contribution >= 4 is 6.29 Å². The SMILES string of the molecule is COc1cc(C=O)cc(OC)c1OCC1CCCO1. The number of ether oxygens (including phenoxy) is 4. The summed E-state index contributed by atoms with van der Waals surface area (Å²) >= 11 is 0. The Kier molecular flexibility index (Phi) is 4.63. The van der Waals surface area contributed by atoms with Gasteiger partial charge in [0.25, 0.3) is 0 Å². The molecule has 1 saturated heterocycles. The number of hydrogen-bond donors (Lipinski definition) is 0. The van der Waals surface area contributed by atoms with Crippen LogP contribution in [0.3, 0.4) is 0 Å². The first kappa shape index (κ1) is 13.7. The Morgan fingerprint density at radius 1 is 1.32 bits per heavy atom. The van der Waals surface area contributed by atoms with E-state index in [9.17, 15) is 4.79 Å². The largest absolute Gasteiger partial charge is 0.493 e. The molecule has 5 heteroatoms. The van der Waals surface area contributed by atoms with E-state index in [1.54, 1.807) is 12.1 Å². The molecular weight excluding hydrogens is 248 g/mol. The molecule has 0 N–H and O–H groups in total. The molecule has 19 heavy (non-hydrogen) atoms. The zero-order valence-corrected chi connectivity index (χ0v) is 11.2. The molecule has 1 fully saturated rings. The summed E-state index contributed by atoms with van der Waals surface area (Å²) < 4.78 is 21.7. The summed E-state index contributed by atoms with van der Waals surface area (Å²) in [7, 11) is 3.06. The van der Waals surface area contributed by atoms with E-state index in [0.717, 1.165) is 25.7 Å². The first-order chi connectivity index (χ1) is 9.28. The van der Waals surface area contributed by atoms with Gasteiger partial charge in [-0.3, -0.25) is 4.79 Å². The summed E-state index contributed by atoms with van der Waals surface area (Å²) in [5, 5.41) is 0. The van der Waals surface area contributed by atoms with Crippen LogP contribution in [-0.2, 0) is 4.74 Å². The third-order valence-electron chi connectivity index (χ3n) is 3.06. The smallest absolute Gasteiger partial charge is 0.203 e. The Balaban J connectivity index is 2.18. The molecule has 1 heterocycles. The average molecular weight is 266 g/mol. The maximum absolute atomic E-state index is 10.8. The molecule has 104 valence electrons. The van der Waals surface area contributed by atoms with E-state index in [1.807, 2.05) is 0 Å². The predicted molar refractivity (Wildman–Crippen MR) is 69.4 cm³/mol. The van der Waals surface area contributed by atoms with Crippen molar-refractivity contribution in [3.63, 3.8) is 0 Å². The monoisotopic (exact) mass is 266 g/mol. The predicted octanol–water partition coefficient (Wildman–Crippen LogP) is 2.07. The van der Waals surface area contributed by atoms with Crippen LogP contribution in [0.5, 0.6) is 17.2 Å². The summed E-state index contributed by atoms with van der Waals surface area (Å²) in [6, 6.07) is 3.25. The summed E-state index contributed by atoms with van der Waals surface area (Å²) in [6.07, 6.45) is 2.92. The first-order valence-electron chi connectivity index (χ1n) is 6.24. The van der Waals surface area contributed by atoms with E-state index in [4.69, 9.17) is 18.9 Å². The highest BCUT2D eigenvalue weighted by molar-refractivity contribution is 5.78. The molecular formula is C14H18O5. The normalized spacial score (nSPS) is 18.1. The third-order valence-corrected chi connectivity index (χ3v) is 3.06. The van der Waals surface area contributed by atoms with Crippen LogP contribution in [-0.4, -0.2) is 39.8 Å². The minimum Gasteiger partial charge on any atom is -0.493 e. The number of carbonyl (C=O) groups is 1. The summed E-state index contributed by atoms with van der Waals surface area (Å²) in [4.78, 5) is 10.8.